The lowest BCUT2D eigenvalue weighted by molar-refractivity contribution is -0.385. The van der Waals surface area contributed by atoms with Gasteiger partial charge >= 0.3 is 5.97 Å². The molecule has 0 saturated heterocycles. The van der Waals surface area contributed by atoms with Gasteiger partial charge in [-0.2, -0.15) is 0 Å². The standard InChI is InChI=1S/C15H14N2O5S/c1-8-4-5-10(6-12(8)17(20)21)14(18)16-11-7-13(15(19)22-3)23-9(11)2/h4-7H,1-3H3,(H,16,18). The Balaban J connectivity index is 2.26. The summed E-state index contributed by atoms with van der Waals surface area (Å²) in [5.74, 6) is -0.963. The van der Waals surface area contributed by atoms with Crippen molar-refractivity contribution >= 4 is 34.6 Å². The monoisotopic (exact) mass is 334 g/mol. The number of carbonyl (C=O) groups excluding carboxylic acids is 2. The first-order chi connectivity index (χ1) is 10.8. The lowest BCUT2D eigenvalue weighted by Crippen LogP contribution is -2.12. The predicted octanol–water partition coefficient (Wildman–Crippen LogP) is 3.31. The number of nitrogens with one attached hydrogen (secondary N) is 1. The van der Waals surface area contributed by atoms with Gasteiger partial charge in [-0.3, -0.25) is 14.9 Å². The minimum atomic E-state index is -0.530. The zero-order valence-electron chi connectivity index (χ0n) is 12.7. The summed E-state index contributed by atoms with van der Waals surface area (Å²) in [5.41, 5.74) is 1.01. The Morgan fingerprint density at radius 1 is 1.26 bits per heavy atom. The molecule has 120 valence electrons. The van der Waals surface area contributed by atoms with E-state index in [9.17, 15) is 19.7 Å². The van der Waals surface area contributed by atoms with Crippen LogP contribution in [0.4, 0.5) is 11.4 Å². The molecule has 2 rings (SSSR count). The van der Waals surface area contributed by atoms with Gasteiger partial charge in [0.05, 0.1) is 17.7 Å². The predicted molar refractivity (Wildman–Crippen MR) is 86.2 cm³/mol. The average molecular weight is 334 g/mol. The van der Waals surface area contributed by atoms with Crippen LogP contribution in [0, 0.1) is 24.0 Å². The summed E-state index contributed by atoms with van der Waals surface area (Å²) in [6.07, 6.45) is 0. The van der Waals surface area contributed by atoms with E-state index in [-0.39, 0.29) is 11.3 Å². The first-order valence-electron chi connectivity index (χ1n) is 6.58. The van der Waals surface area contributed by atoms with E-state index in [1.807, 2.05) is 0 Å². The summed E-state index contributed by atoms with van der Waals surface area (Å²) in [4.78, 5) is 35.3. The van der Waals surface area contributed by atoms with Gasteiger partial charge in [0, 0.05) is 22.1 Å². The number of thiophene rings is 1. The number of hydrogen-bond acceptors (Lipinski definition) is 6. The largest absolute Gasteiger partial charge is 0.465 e. The molecule has 1 aromatic heterocycles. The molecule has 1 amide bonds. The molecule has 2 aromatic rings. The van der Waals surface area contributed by atoms with E-state index in [4.69, 9.17) is 0 Å². The van der Waals surface area contributed by atoms with Crippen molar-refractivity contribution in [1.82, 2.24) is 0 Å². The molecule has 0 atom stereocenters. The molecule has 0 aliphatic rings. The first kappa shape index (κ1) is 16.6. The maximum atomic E-state index is 12.3. The number of amides is 1. The molecule has 1 heterocycles. The number of nitrogens with zero attached hydrogens (tertiary/aromatic N) is 1. The minimum absolute atomic E-state index is 0.116. The second kappa shape index (κ2) is 6.57. The number of rotatable bonds is 4. The number of methoxy groups -OCH3 is 1. The molecule has 7 nitrogen and oxygen atoms in total. The Bertz CT molecular complexity index is 797. The van der Waals surface area contributed by atoms with Crippen LogP contribution in [0.3, 0.4) is 0 Å². The number of hydrogen-bond donors (Lipinski definition) is 1. The second-order valence-corrected chi connectivity index (χ2v) is 6.04. The fraction of sp³-hybridized carbons (Fsp3) is 0.200. The summed E-state index contributed by atoms with van der Waals surface area (Å²) in [7, 11) is 1.28. The first-order valence-corrected chi connectivity index (χ1v) is 7.40. The van der Waals surface area contributed by atoms with Crippen molar-refractivity contribution in [3.63, 3.8) is 0 Å². The van der Waals surface area contributed by atoms with Crippen molar-refractivity contribution in [3.05, 3.63) is 55.3 Å². The third-order valence-electron chi connectivity index (χ3n) is 3.22. The van der Waals surface area contributed by atoms with Gasteiger partial charge in [-0.25, -0.2) is 4.79 Å². The number of anilines is 1. The summed E-state index contributed by atoms with van der Waals surface area (Å²) >= 11 is 1.20. The third kappa shape index (κ3) is 3.54. The average Bonchev–Trinajstić information content (AvgIpc) is 2.87. The van der Waals surface area contributed by atoms with Crippen molar-refractivity contribution in [2.24, 2.45) is 0 Å². The molecule has 1 N–H and O–H groups in total. The van der Waals surface area contributed by atoms with E-state index in [1.54, 1.807) is 13.8 Å². The lowest BCUT2D eigenvalue weighted by Gasteiger charge is -2.05. The van der Waals surface area contributed by atoms with Crippen LogP contribution in [0.2, 0.25) is 0 Å². The van der Waals surface area contributed by atoms with Gasteiger partial charge < -0.3 is 10.1 Å². The molecule has 0 bridgehead atoms. The van der Waals surface area contributed by atoms with Crippen molar-refractivity contribution in [2.45, 2.75) is 13.8 Å². The molecule has 1 aromatic carbocycles. The Labute approximate surface area is 136 Å². The van der Waals surface area contributed by atoms with Crippen LogP contribution in [0.1, 0.15) is 30.5 Å². The number of esters is 1. The zero-order valence-corrected chi connectivity index (χ0v) is 13.5. The number of nitro benzene ring substituents is 1. The van der Waals surface area contributed by atoms with Gasteiger partial charge in [0.25, 0.3) is 11.6 Å². The van der Waals surface area contributed by atoms with Crippen LogP contribution in [-0.2, 0) is 4.74 Å². The fourth-order valence-electron chi connectivity index (χ4n) is 1.95. The Hall–Kier alpha value is -2.74. The lowest BCUT2D eigenvalue weighted by atomic mass is 10.1. The number of ether oxygens (including phenoxy) is 1. The molecule has 0 saturated carbocycles. The van der Waals surface area contributed by atoms with Gasteiger partial charge in [-0.1, -0.05) is 6.07 Å². The summed E-state index contributed by atoms with van der Waals surface area (Å²) < 4.78 is 4.63. The highest BCUT2D eigenvalue weighted by molar-refractivity contribution is 7.14. The van der Waals surface area contributed by atoms with E-state index in [0.717, 1.165) is 4.88 Å². The van der Waals surface area contributed by atoms with E-state index < -0.39 is 16.8 Å². The van der Waals surface area contributed by atoms with Crippen molar-refractivity contribution in [2.75, 3.05) is 12.4 Å². The maximum Gasteiger partial charge on any atom is 0.348 e. The van der Waals surface area contributed by atoms with Crippen LogP contribution in [0.25, 0.3) is 0 Å². The summed E-state index contributed by atoms with van der Waals surface area (Å²) in [6.45, 7) is 3.36. The Morgan fingerprint density at radius 2 is 1.96 bits per heavy atom. The smallest absolute Gasteiger partial charge is 0.348 e. The maximum absolute atomic E-state index is 12.3. The molecular weight excluding hydrogens is 320 g/mol. The Morgan fingerprint density at radius 3 is 2.57 bits per heavy atom. The molecule has 0 radical (unpaired) electrons. The van der Waals surface area contributed by atoms with Gasteiger partial charge in [0.15, 0.2) is 0 Å². The quantitative estimate of drug-likeness (QED) is 0.525. The fourth-order valence-corrected chi connectivity index (χ4v) is 2.84. The van der Waals surface area contributed by atoms with E-state index in [1.165, 1.54) is 42.7 Å². The van der Waals surface area contributed by atoms with Gasteiger partial charge in [0.1, 0.15) is 4.88 Å². The van der Waals surface area contributed by atoms with Crippen LogP contribution in [-0.4, -0.2) is 23.9 Å². The number of aryl methyl sites for hydroxylation is 2. The second-order valence-electron chi connectivity index (χ2n) is 4.78. The normalized spacial score (nSPS) is 10.2. The number of nitro groups is 1. The molecule has 23 heavy (non-hydrogen) atoms. The highest BCUT2D eigenvalue weighted by Gasteiger charge is 2.18. The van der Waals surface area contributed by atoms with Crippen LogP contribution in [0.15, 0.2) is 24.3 Å². The molecule has 0 spiro atoms. The van der Waals surface area contributed by atoms with E-state index >= 15 is 0 Å². The van der Waals surface area contributed by atoms with Crippen LogP contribution in [0.5, 0.6) is 0 Å². The SMILES string of the molecule is COC(=O)c1cc(NC(=O)c2ccc(C)c([N+](=O)[O-])c2)c(C)s1. The molecule has 8 heteroatoms. The van der Waals surface area contributed by atoms with E-state index in [0.29, 0.717) is 16.1 Å². The molecule has 0 unspecified atom stereocenters. The highest BCUT2D eigenvalue weighted by Crippen LogP contribution is 2.28. The molecule has 0 aliphatic carbocycles. The van der Waals surface area contributed by atoms with Crippen LogP contribution >= 0.6 is 11.3 Å². The van der Waals surface area contributed by atoms with Crippen molar-refractivity contribution in [1.29, 1.82) is 0 Å². The number of carbonyl (C=O) groups is 2. The van der Waals surface area contributed by atoms with Crippen molar-refractivity contribution < 1.29 is 19.2 Å². The summed E-state index contributed by atoms with van der Waals surface area (Å²) in [5, 5.41) is 13.6. The van der Waals surface area contributed by atoms with Crippen molar-refractivity contribution in [3.8, 4) is 0 Å². The topological polar surface area (TPSA) is 98.5 Å². The molecular formula is C15H14N2O5S. The highest BCUT2D eigenvalue weighted by atomic mass is 32.1. The zero-order chi connectivity index (χ0) is 17.1. The Kier molecular flexibility index (Phi) is 4.75. The summed E-state index contributed by atoms with van der Waals surface area (Å²) in [6, 6.07) is 5.79. The van der Waals surface area contributed by atoms with Gasteiger partial charge in [-0.05, 0) is 26.0 Å². The number of benzene rings is 1. The van der Waals surface area contributed by atoms with E-state index in [2.05, 4.69) is 10.1 Å². The van der Waals surface area contributed by atoms with Gasteiger partial charge in [-0.15, -0.1) is 11.3 Å². The molecule has 0 fully saturated rings. The third-order valence-corrected chi connectivity index (χ3v) is 4.25. The van der Waals surface area contributed by atoms with Gasteiger partial charge in [0.2, 0.25) is 0 Å². The minimum Gasteiger partial charge on any atom is -0.465 e. The van der Waals surface area contributed by atoms with Crippen LogP contribution < -0.4 is 5.32 Å². The molecule has 0 aliphatic heterocycles.